The van der Waals surface area contributed by atoms with Crippen LogP contribution in [-0.4, -0.2) is 32.7 Å². The van der Waals surface area contributed by atoms with Crippen LogP contribution in [0.15, 0.2) is 82.5 Å². The van der Waals surface area contributed by atoms with Crippen LogP contribution in [0, 0.1) is 0 Å². The van der Waals surface area contributed by atoms with E-state index in [0.29, 0.717) is 27.9 Å². The lowest BCUT2D eigenvalue weighted by atomic mass is 10.1. The molecule has 0 fully saturated rings. The number of benzene rings is 3. The summed E-state index contributed by atoms with van der Waals surface area (Å²) in [5.41, 5.74) is 3.07. The second-order valence-electron chi connectivity index (χ2n) is 7.99. The molecule has 0 N–H and O–H groups in total. The van der Waals surface area contributed by atoms with E-state index in [1.165, 1.54) is 10.2 Å². The molecule has 0 radical (unpaired) electrons. The molecule has 3 aromatic carbocycles. The number of nitrogens with zero attached hydrogens (tertiary/aromatic N) is 3. The van der Waals surface area contributed by atoms with Gasteiger partial charge >= 0.3 is 0 Å². The van der Waals surface area contributed by atoms with Gasteiger partial charge < -0.3 is 4.90 Å². The maximum atomic E-state index is 13.2. The Morgan fingerprint density at radius 1 is 0.941 bits per heavy atom. The summed E-state index contributed by atoms with van der Waals surface area (Å²) >= 11 is 0. The van der Waals surface area contributed by atoms with Crippen molar-refractivity contribution in [1.29, 1.82) is 0 Å². The van der Waals surface area contributed by atoms with Gasteiger partial charge in [-0.25, -0.2) is 4.68 Å². The number of aryl methyl sites for hydroxylation is 1. The van der Waals surface area contributed by atoms with Gasteiger partial charge in [0.2, 0.25) is 5.91 Å². The van der Waals surface area contributed by atoms with E-state index in [2.05, 4.69) is 12.0 Å². The van der Waals surface area contributed by atoms with Gasteiger partial charge in [0.15, 0.2) is 0 Å². The van der Waals surface area contributed by atoms with E-state index in [1.807, 2.05) is 55.5 Å². The second kappa shape index (κ2) is 10.1. The van der Waals surface area contributed by atoms with Gasteiger partial charge in [0.05, 0.1) is 11.1 Å². The predicted molar refractivity (Wildman–Crippen MR) is 138 cm³/mol. The van der Waals surface area contributed by atoms with Crippen molar-refractivity contribution in [2.24, 2.45) is 0 Å². The molecular weight excluding hydrogens is 446 g/mol. The van der Waals surface area contributed by atoms with Crippen LogP contribution in [-0.2, 0) is 28.6 Å². The number of amides is 1. The molecule has 0 aliphatic carbocycles. The first-order chi connectivity index (χ1) is 16.4. The summed E-state index contributed by atoms with van der Waals surface area (Å²) < 4.78 is 13.0. The fourth-order valence-corrected chi connectivity index (χ4v) is 4.51. The first-order valence-electron chi connectivity index (χ1n) is 11.3. The van der Waals surface area contributed by atoms with Crippen molar-refractivity contribution in [3.63, 3.8) is 0 Å². The molecule has 4 rings (SSSR count). The normalized spacial score (nSPS) is 12.0. The molecule has 1 atom stereocenters. The van der Waals surface area contributed by atoms with Gasteiger partial charge in [-0.15, -0.1) is 0 Å². The van der Waals surface area contributed by atoms with Crippen LogP contribution >= 0.6 is 0 Å². The Kier molecular flexibility index (Phi) is 7.03. The van der Waals surface area contributed by atoms with Gasteiger partial charge in [0.25, 0.3) is 5.56 Å². The number of hydrogen-bond donors (Lipinski definition) is 0. The SMILES string of the molecule is CCc1ccc(N(CC)C(=O)Cn2nc(-c3ccc(S(C)=O)cc3)c3ccccc3c2=O)cc1. The molecule has 1 amide bonds. The Bertz CT molecular complexity index is 1410. The lowest BCUT2D eigenvalue weighted by Gasteiger charge is -2.22. The minimum absolute atomic E-state index is 0.170. The number of anilines is 1. The summed E-state index contributed by atoms with van der Waals surface area (Å²) in [5.74, 6) is -0.209. The number of carbonyl (C=O) groups is 1. The number of aromatic nitrogens is 2. The van der Waals surface area contributed by atoms with E-state index >= 15 is 0 Å². The second-order valence-corrected chi connectivity index (χ2v) is 9.37. The fraction of sp³-hybridized carbons (Fsp3) is 0.222. The molecule has 174 valence electrons. The maximum absolute atomic E-state index is 13.2. The van der Waals surface area contributed by atoms with E-state index < -0.39 is 10.8 Å². The number of hydrogen-bond acceptors (Lipinski definition) is 4. The van der Waals surface area contributed by atoms with Gasteiger partial charge in [-0.2, -0.15) is 5.10 Å². The van der Waals surface area contributed by atoms with Crippen LogP contribution in [0.2, 0.25) is 0 Å². The van der Waals surface area contributed by atoms with Crippen molar-refractivity contribution in [3.8, 4) is 11.3 Å². The zero-order chi connectivity index (χ0) is 24.2. The summed E-state index contributed by atoms with van der Waals surface area (Å²) in [5, 5.41) is 5.81. The summed E-state index contributed by atoms with van der Waals surface area (Å²) in [6.07, 6.45) is 2.55. The monoisotopic (exact) mass is 473 g/mol. The molecular formula is C27H27N3O3S. The Labute approximate surface area is 201 Å². The summed E-state index contributed by atoms with van der Waals surface area (Å²) in [6, 6.07) is 22.4. The molecule has 0 aliphatic heterocycles. The Hall–Kier alpha value is -3.58. The Balaban J connectivity index is 1.75. The van der Waals surface area contributed by atoms with Gasteiger partial charge in [-0.05, 0) is 49.2 Å². The maximum Gasteiger partial charge on any atom is 0.275 e. The molecule has 4 aromatic rings. The fourth-order valence-electron chi connectivity index (χ4n) is 3.99. The molecule has 0 bridgehead atoms. The van der Waals surface area contributed by atoms with Crippen LogP contribution in [0.25, 0.3) is 22.0 Å². The van der Waals surface area contributed by atoms with Gasteiger partial charge in [0, 0.05) is 45.1 Å². The van der Waals surface area contributed by atoms with Crippen LogP contribution in [0.3, 0.4) is 0 Å². The highest BCUT2D eigenvalue weighted by atomic mass is 32.2. The van der Waals surface area contributed by atoms with Crippen LogP contribution in [0.5, 0.6) is 0 Å². The summed E-state index contributed by atoms with van der Waals surface area (Å²) in [4.78, 5) is 28.8. The standard InChI is InChI=1S/C27H27N3O3S/c1-4-19-10-14-21(15-11-19)29(5-2)25(31)18-30-27(32)24-9-7-6-8-23(24)26(28-30)20-12-16-22(17-13-20)34(3)33/h6-17H,4-5,18H2,1-3H3. The van der Waals surface area contributed by atoms with Crippen LogP contribution in [0.1, 0.15) is 19.4 Å². The molecule has 1 heterocycles. The molecule has 1 unspecified atom stereocenters. The van der Waals surface area contributed by atoms with E-state index in [4.69, 9.17) is 0 Å². The summed E-state index contributed by atoms with van der Waals surface area (Å²) in [7, 11) is -1.09. The van der Waals surface area contributed by atoms with E-state index in [1.54, 1.807) is 35.4 Å². The first-order valence-corrected chi connectivity index (χ1v) is 12.8. The van der Waals surface area contributed by atoms with Crippen LogP contribution < -0.4 is 10.5 Å². The van der Waals surface area contributed by atoms with E-state index in [9.17, 15) is 13.8 Å². The molecule has 1 aromatic heterocycles. The minimum atomic E-state index is -1.09. The third-order valence-electron chi connectivity index (χ3n) is 5.89. The zero-order valence-electron chi connectivity index (χ0n) is 19.5. The summed E-state index contributed by atoms with van der Waals surface area (Å²) in [6.45, 7) is 4.31. The lowest BCUT2D eigenvalue weighted by molar-refractivity contribution is -0.119. The molecule has 0 saturated carbocycles. The van der Waals surface area contributed by atoms with Crippen molar-refractivity contribution in [3.05, 3.63) is 88.7 Å². The zero-order valence-corrected chi connectivity index (χ0v) is 20.3. The highest BCUT2D eigenvalue weighted by Crippen LogP contribution is 2.25. The molecule has 0 saturated heterocycles. The van der Waals surface area contributed by atoms with Gasteiger partial charge in [0.1, 0.15) is 6.54 Å². The van der Waals surface area contributed by atoms with Crippen molar-refractivity contribution in [1.82, 2.24) is 9.78 Å². The third kappa shape index (κ3) is 4.70. The lowest BCUT2D eigenvalue weighted by Crippen LogP contribution is -2.37. The van der Waals surface area contributed by atoms with Crippen molar-refractivity contribution in [2.45, 2.75) is 31.7 Å². The highest BCUT2D eigenvalue weighted by molar-refractivity contribution is 7.84. The largest absolute Gasteiger partial charge is 0.311 e. The smallest absolute Gasteiger partial charge is 0.275 e. The van der Waals surface area contributed by atoms with Crippen molar-refractivity contribution < 1.29 is 9.00 Å². The average molecular weight is 474 g/mol. The van der Waals surface area contributed by atoms with Gasteiger partial charge in [-0.1, -0.05) is 49.4 Å². The van der Waals surface area contributed by atoms with E-state index in [0.717, 1.165) is 17.7 Å². The third-order valence-corrected chi connectivity index (χ3v) is 6.82. The topological polar surface area (TPSA) is 72.3 Å². The molecule has 0 aliphatic rings. The van der Waals surface area contributed by atoms with Gasteiger partial charge in [-0.3, -0.25) is 13.8 Å². The Morgan fingerprint density at radius 3 is 2.18 bits per heavy atom. The quantitative estimate of drug-likeness (QED) is 0.398. The number of likely N-dealkylation sites (N-methyl/N-ethyl adjacent to an activating group) is 1. The predicted octanol–water partition coefficient (Wildman–Crippen LogP) is 4.42. The van der Waals surface area contributed by atoms with Crippen molar-refractivity contribution in [2.75, 3.05) is 17.7 Å². The van der Waals surface area contributed by atoms with Crippen LogP contribution in [0.4, 0.5) is 5.69 Å². The number of carbonyl (C=O) groups excluding carboxylic acids is 1. The number of fused-ring (bicyclic) bond motifs is 1. The minimum Gasteiger partial charge on any atom is -0.311 e. The molecule has 0 spiro atoms. The van der Waals surface area contributed by atoms with Crippen molar-refractivity contribution >= 4 is 33.2 Å². The molecule has 7 heteroatoms. The molecule has 6 nitrogen and oxygen atoms in total. The molecule has 34 heavy (non-hydrogen) atoms. The first kappa shape index (κ1) is 23.6. The Morgan fingerprint density at radius 2 is 1.59 bits per heavy atom. The average Bonchev–Trinajstić information content (AvgIpc) is 2.86. The highest BCUT2D eigenvalue weighted by Gasteiger charge is 2.18. The van der Waals surface area contributed by atoms with E-state index in [-0.39, 0.29) is 18.0 Å². The number of rotatable bonds is 7.